The number of rotatable bonds is 6. The number of hydrogen-bond donors (Lipinski definition) is 0. The van der Waals surface area contributed by atoms with Crippen LogP contribution in [0.1, 0.15) is 38.5 Å². The number of ether oxygens (including phenoxy) is 2. The van der Waals surface area contributed by atoms with Crippen LogP contribution in [0.25, 0.3) is 11.3 Å². The van der Waals surface area contributed by atoms with E-state index >= 15 is 0 Å². The molecule has 0 unspecified atom stereocenters. The molecule has 1 aromatic heterocycles. The average Bonchev–Trinajstić information content (AvgIpc) is 2.93. The standard InChI is InChI=1S/C23H24N4O3S/c1-4-5-14-31-23-24-21-20(25-26-23)16-10-6-8-12-18(16)27(15(2)28)22(30-21)17-11-7-9-13-19(17)29-3/h6-13,22H,4-5,14H2,1-3H3/t22-/m0/s1. The molecule has 31 heavy (non-hydrogen) atoms. The lowest BCUT2D eigenvalue weighted by Crippen LogP contribution is -2.36. The van der Waals surface area contributed by atoms with Crippen molar-refractivity contribution in [1.29, 1.82) is 0 Å². The van der Waals surface area contributed by atoms with Crippen LogP contribution in [0.5, 0.6) is 11.6 Å². The van der Waals surface area contributed by atoms with E-state index in [2.05, 4.69) is 22.1 Å². The molecular weight excluding hydrogens is 412 g/mol. The van der Waals surface area contributed by atoms with E-state index in [0.717, 1.165) is 29.7 Å². The molecule has 7 nitrogen and oxygen atoms in total. The largest absolute Gasteiger partial charge is 0.496 e. The number of hydrogen-bond acceptors (Lipinski definition) is 7. The van der Waals surface area contributed by atoms with Crippen LogP contribution in [0, 0.1) is 0 Å². The van der Waals surface area contributed by atoms with Gasteiger partial charge in [-0.05, 0) is 24.6 Å². The van der Waals surface area contributed by atoms with Gasteiger partial charge in [0.1, 0.15) is 5.75 Å². The molecule has 0 aliphatic carbocycles. The van der Waals surface area contributed by atoms with Crippen LogP contribution >= 0.6 is 11.8 Å². The number of carbonyl (C=O) groups excluding carboxylic acids is 1. The van der Waals surface area contributed by atoms with Gasteiger partial charge in [0, 0.05) is 18.2 Å². The van der Waals surface area contributed by atoms with E-state index in [1.807, 2.05) is 48.5 Å². The maximum absolute atomic E-state index is 12.8. The van der Waals surface area contributed by atoms with Gasteiger partial charge in [-0.3, -0.25) is 9.69 Å². The molecule has 0 spiro atoms. The smallest absolute Gasteiger partial charge is 0.247 e. The van der Waals surface area contributed by atoms with Gasteiger partial charge in [0.15, 0.2) is 5.69 Å². The van der Waals surface area contributed by atoms with Crippen molar-refractivity contribution in [2.75, 3.05) is 17.8 Å². The predicted octanol–water partition coefficient (Wildman–Crippen LogP) is 4.88. The van der Waals surface area contributed by atoms with E-state index in [-0.39, 0.29) is 5.91 Å². The fourth-order valence-electron chi connectivity index (χ4n) is 3.49. The van der Waals surface area contributed by atoms with E-state index < -0.39 is 6.23 Å². The summed E-state index contributed by atoms with van der Waals surface area (Å²) in [5.41, 5.74) is 2.67. The number of thioether (sulfide) groups is 1. The number of fused-ring (bicyclic) bond motifs is 3. The maximum atomic E-state index is 12.8. The van der Waals surface area contributed by atoms with Gasteiger partial charge in [0.05, 0.1) is 18.4 Å². The van der Waals surface area contributed by atoms with Crippen molar-refractivity contribution in [1.82, 2.24) is 15.2 Å². The molecule has 1 aliphatic heterocycles. The number of amides is 1. The Morgan fingerprint density at radius 2 is 1.94 bits per heavy atom. The molecule has 4 rings (SSSR count). The summed E-state index contributed by atoms with van der Waals surface area (Å²) < 4.78 is 11.9. The Kier molecular flexibility index (Phi) is 6.36. The monoisotopic (exact) mass is 436 g/mol. The minimum absolute atomic E-state index is 0.165. The first-order valence-corrected chi connectivity index (χ1v) is 11.2. The molecule has 0 fully saturated rings. The molecule has 2 aromatic carbocycles. The third-order valence-electron chi connectivity index (χ3n) is 4.99. The average molecular weight is 437 g/mol. The second-order valence-corrected chi connectivity index (χ2v) is 8.13. The molecule has 0 radical (unpaired) electrons. The quantitative estimate of drug-likeness (QED) is 0.402. The number of nitrogens with zero attached hydrogens (tertiary/aromatic N) is 4. The summed E-state index contributed by atoms with van der Waals surface area (Å²) in [5, 5.41) is 9.29. The zero-order valence-corrected chi connectivity index (χ0v) is 18.6. The first-order chi connectivity index (χ1) is 15.1. The molecule has 8 heteroatoms. The first kappa shape index (κ1) is 21.1. The van der Waals surface area contributed by atoms with E-state index in [1.165, 1.54) is 6.92 Å². The molecule has 3 aromatic rings. The predicted molar refractivity (Wildman–Crippen MR) is 120 cm³/mol. The summed E-state index contributed by atoms with van der Waals surface area (Å²) in [4.78, 5) is 19.1. The lowest BCUT2D eigenvalue weighted by molar-refractivity contribution is -0.118. The number of benzene rings is 2. The summed E-state index contributed by atoms with van der Waals surface area (Å²) in [5.74, 6) is 1.71. The van der Waals surface area contributed by atoms with E-state index in [0.29, 0.717) is 28.2 Å². The van der Waals surface area contributed by atoms with Gasteiger partial charge in [0.25, 0.3) is 0 Å². The summed E-state index contributed by atoms with van der Waals surface area (Å²) >= 11 is 1.55. The third kappa shape index (κ3) is 4.20. The van der Waals surface area contributed by atoms with Crippen LogP contribution in [0.15, 0.2) is 53.7 Å². The molecule has 1 amide bonds. The highest BCUT2D eigenvalue weighted by Gasteiger charge is 2.35. The summed E-state index contributed by atoms with van der Waals surface area (Å²) in [6.07, 6.45) is 1.40. The number of aromatic nitrogens is 3. The molecular formula is C23H24N4O3S. The molecule has 160 valence electrons. The molecule has 1 atom stereocenters. The second kappa shape index (κ2) is 9.34. The third-order valence-corrected chi connectivity index (χ3v) is 5.91. The molecule has 0 saturated carbocycles. The number of unbranched alkanes of at least 4 members (excludes halogenated alkanes) is 1. The zero-order valence-electron chi connectivity index (χ0n) is 17.7. The highest BCUT2D eigenvalue weighted by atomic mass is 32.2. The fraction of sp³-hybridized carbons (Fsp3) is 0.304. The Morgan fingerprint density at radius 1 is 1.16 bits per heavy atom. The van der Waals surface area contributed by atoms with Crippen LogP contribution in [0.2, 0.25) is 0 Å². The van der Waals surface area contributed by atoms with Crippen LogP contribution in [0.4, 0.5) is 5.69 Å². The fourth-order valence-corrected chi connectivity index (χ4v) is 4.36. The minimum atomic E-state index is -0.763. The van der Waals surface area contributed by atoms with Crippen LogP contribution < -0.4 is 14.4 Å². The van der Waals surface area contributed by atoms with Crippen molar-refractivity contribution in [2.45, 2.75) is 38.1 Å². The summed E-state index contributed by atoms with van der Waals surface area (Å²) in [6.45, 7) is 3.66. The van der Waals surface area contributed by atoms with Gasteiger partial charge in [-0.2, -0.15) is 4.98 Å². The van der Waals surface area contributed by atoms with E-state index in [1.54, 1.807) is 23.8 Å². The van der Waals surface area contributed by atoms with Gasteiger partial charge >= 0.3 is 0 Å². The highest BCUT2D eigenvalue weighted by molar-refractivity contribution is 7.99. The molecule has 1 aliphatic rings. The van der Waals surface area contributed by atoms with Crippen LogP contribution in [-0.2, 0) is 4.79 Å². The number of anilines is 1. The van der Waals surface area contributed by atoms with Crippen molar-refractivity contribution in [2.24, 2.45) is 0 Å². The van der Waals surface area contributed by atoms with E-state index in [4.69, 9.17) is 9.47 Å². The van der Waals surface area contributed by atoms with Gasteiger partial charge < -0.3 is 9.47 Å². The second-order valence-electron chi connectivity index (χ2n) is 7.07. The van der Waals surface area contributed by atoms with Crippen molar-refractivity contribution < 1.29 is 14.3 Å². The number of carbonyl (C=O) groups is 1. The lowest BCUT2D eigenvalue weighted by Gasteiger charge is -2.30. The molecule has 2 heterocycles. The summed E-state index contributed by atoms with van der Waals surface area (Å²) in [6, 6.07) is 15.1. The van der Waals surface area contributed by atoms with Gasteiger partial charge in [0.2, 0.25) is 23.2 Å². The number of methoxy groups -OCH3 is 1. The molecule has 0 N–H and O–H groups in total. The first-order valence-electron chi connectivity index (χ1n) is 10.2. The Bertz CT molecular complexity index is 1090. The van der Waals surface area contributed by atoms with Gasteiger partial charge in [-0.15, -0.1) is 10.2 Å². The van der Waals surface area contributed by atoms with Crippen molar-refractivity contribution in [3.05, 3.63) is 54.1 Å². The van der Waals surface area contributed by atoms with Gasteiger partial charge in [-0.1, -0.05) is 55.4 Å². The lowest BCUT2D eigenvalue weighted by atomic mass is 10.1. The summed E-state index contributed by atoms with van der Waals surface area (Å²) in [7, 11) is 1.60. The Morgan fingerprint density at radius 3 is 2.71 bits per heavy atom. The Balaban J connectivity index is 1.88. The Labute approximate surface area is 185 Å². The maximum Gasteiger partial charge on any atom is 0.247 e. The Hall–Kier alpha value is -3.13. The topological polar surface area (TPSA) is 77.4 Å². The van der Waals surface area contributed by atoms with Crippen LogP contribution in [-0.4, -0.2) is 34.0 Å². The normalized spacial score (nSPS) is 14.8. The van der Waals surface area contributed by atoms with Crippen molar-refractivity contribution >= 4 is 23.4 Å². The molecule has 0 saturated heterocycles. The molecule has 0 bridgehead atoms. The van der Waals surface area contributed by atoms with Crippen molar-refractivity contribution in [3.63, 3.8) is 0 Å². The minimum Gasteiger partial charge on any atom is -0.496 e. The van der Waals surface area contributed by atoms with Crippen molar-refractivity contribution in [3.8, 4) is 22.9 Å². The van der Waals surface area contributed by atoms with Crippen LogP contribution in [0.3, 0.4) is 0 Å². The number of para-hydroxylation sites is 2. The zero-order chi connectivity index (χ0) is 21.8. The van der Waals surface area contributed by atoms with E-state index in [9.17, 15) is 4.79 Å². The SMILES string of the molecule is CCCCSc1nnc2c(n1)O[C@@H](c1ccccc1OC)N(C(C)=O)c1ccccc1-2. The highest BCUT2D eigenvalue weighted by Crippen LogP contribution is 2.44. The van der Waals surface area contributed by atoms with Gasteiger partial charge in [-0.25, -0.2) is 0 Å².